The van der Waals surface area contributed by atoms with Gasteiger partial charge in [0.1, 0.15) is 11.6 Å². The number of carbonyl (C=O) groups is 2. The lowest BCUT2D eigenvalue weighted by Crippen LogP contribution is -2.23. The zero-order valence-corrected chi connectivity index (χ0v) is 9.43. The summed E-state index contributed by atoms with van der Waals surface area (Å²) in [6.45, 7) is 2.23. The summed E-state index contributed by atoms with van der Waals surface area (Å²) in [5.41, 5.74) is -0.311. The maximum Gasteiger partial charge on any atom is 0.220 e. The van der Waals surface area contributed by atoms with Gasteiger partial charge in [-0.2, -0.15) is 0 Å². The van der Waals surface area contributed by atoms with Crippen LogP contribution in [0.2, 0.25) is 0 Å². The van der Waals surface area contributed by atoms with E-state index < -0.39 is 17.4 Å². The number of benzene rings is 1. The van der Waals surface area contributed by atoms with Gasteiger partial charge in [-0.1, -0.05) is 0 Å². The number of Topliss-reactive ketones (excluding diaryl/α,β-unsaturated/α-hetero) is 1. The quantitative estimate of drug-likeness (QED) is 0.802. The molecular weight excluding hydrogens is 228 g/mol. The molecule has 0 fully saturated rings. The van der Waals surface area contributed by atoms with Gasteiger partial charge in [0.05, 0.1) is 5.56 Å². The molecule has 0 heterocycles. The van der Waals surface area contributed by atoms with Crippen molar-refractivity contribution >= 4 is 11.7 Å². The minimum atomic E-state index is -0.771. The van der Waals surface area contributed by atoms with Gasteiger partial charge in [0, 0.05) is 19.4 Å². The monoisotopic (exact) mass is 241 g/mol. The number of ketones is 1. The van der Waals surface area contributed by atoms with E-state index >= 15 is 0 Å². The maximum atomic E-state index is 13.2. The first kappa shape index (κ1) is 13.3. The Morgan fingerprint density at radius 3 is 2.59 bits per heavy atom. The zero-order valence-electron chi connectivity index (χ0n) is 9.43. The predicted octanol–water partition coefficient (Wildman–Crippen LogP) is 2.06. The SMILES string of the molecule is CCNC(=O)CCC(=O)c1cc(F)ccc1F. The van der Waals surface area contributed by atoms with Crippen LogP contribution in [0.3, 0.4) is 0 Å². The van der Waals surface area contributed by atoms with Gasteiger partial charge in [-0.05, 0) is 25.1 Å². The Hall–Kier alpha value is -1.78. The van der Waals surface area contributed by atoms with Gasteiger partial charge >= 0.3 is 0 Å². The maximum absolute atomic E-state index is 13.2. The van der Waals surface area contributed by atoms with Crippen LogP contribution in [0.15, 0.2) is 18.2 Å². The van der Waals surface area contributed by atoms with E-state index in [1.54, 1.807) is 6.92 Å². The molecule has 1 aromatic rings. The van der Waals surface area contributed by atoms with Crippen molar-refractivity contribution in [3.63, 3.8) is 0 Å². The average molecular weight is 241 g/mol. The summed E-state index contributed by atoms with van der Waals surface area (Å²) in [5.74, 6) is -2.30. The zero-order chi connectivity index (χ0) is 12.8. The molecule has 0 aliphatic heterocycles. The first-order valence-electron chi connectivity index (χ1n) is 5.29. The molecule has 0 aliphatic rings. The van der Waals surface area contributed by atoms with E-state index in [-0.39, 0.29) is 24.3 Å². The first-order chi connectivity index (χ1) is 8.04. The molecule has 1 aromatic carbocycles. The van der Waals surface area contributed by atoms with E-state index in [1.807, 2.05) is 0 Å². The lowest BCUT2D eigenvalue weighted by Gasteiger charge is -2.03. The minimum Gasteiger partial charge on any atom is -0.356 e. The molecule has 92 valence electrons. The summed E-state index contributed by atoms with van der Waals surface area (Å²) >= 11 is 0. The topological polar surface area (TPSA) is 46.2 Å². The van der Waals surface area contributed by atoms with E-state index in [2.05, 4.69) is 5.32 Å². The third-order valence-corrected chi connectivity index (χ3v) is 2.18. The first-order valence-corrected chi connectivity index (χ1v) is 5.29. The molecule has 3 nitrogen and oxygen atoms in total. The van der Waals surface area contributed by atoms with Crippen molar-refractivity contribution in [1.82, 2.24) is 5.32 Å². The number of hydrogen-bond donors (Lipinski definition) is 1. The van der Waals surface area contributed by atoms with Crippen molar-refractivity contribution in [2.75, 3.05) is 6.54 Å². The van der Waals surface area contributed by atoms with E-state index in [1.165, 1.54) is 0 Å². The molecule has 0 saturated heterocycles. The highest BCUT2D eigenvalue weighted by atomic mass is 19.1. The smallest absolute Gasteiger partial charge is 0.220 e. The molecular formula is C12H13F2NO2. The van der Waals surface area contributed by atoms with Crippen LogP contribution in [-0.2, 0) is 4.79 Å². The largest absolute Gasteiger partial charge is 0.356 e. The van der Waals surface area contributed by atoms with E-state index in [0.29, 0.717) is 6.54 Å². The lowest BCUT2D eigenvalue weighted by atomic mass is 10.1. The van der Waals surface area contributed by atoms with Crippen molar-refractivity contribution in [2.24, 2.45) is 0 Å². The Morgan fingerprint density at radius 1 is 1.24 bits per heavy atom. The summed E-state index contributed by atoms with van der Waals surface area (Å²) in [7, 11) is 0. The summed E-state index contributed by atoms with van der Waals surface area (Å²) in [5, 5.41) is 2.52. The van der Waals surface area contributed by atoms with E-state index in [0.717, 1.165) is 18.2 Å². The van der Waals surface area contributed by atoms with Crippen LogP contribution in [0.4, 0.5) is 8.78 Å². The molecule has 0 spiro atoms. The van der Waals surface area contributed by atoms with Crippen molar-refractivity contribution < 1.29 is 18.4 Å². The lowest BCUT2D eigenvalue weighted by molar-refractivity contribution is -0.120. The molecule has 0 aliphatic carbocycles. The number of amides is 1. The third kappa shape index (κ3) is 3.94. The number of rotatable bonds is 5. The molecule has 17 heavy (non-hydrogen) atoms. The number of carbonyl (C=O) groups excluding carboxylic acids is 2. The summed E-state index contributed by atoms with van der Waals surface area (Å²) < 4.78 is 26.0. The number of nitrogens with one attached hydrogen (secondary N) is 1. The molecule has 1 rings (SSSR count). The Morgan fingerprint density at radius 2 is 1.94 bits per heavy atom. The standard InChI is InChI=1S/C12H13F2NO2/c1-2-15-12(17)6-5-11(16)9-7-8(13)3-4-10(9)14/h3-4,7H,2,5-6H2,1H3,(H,15,17). The van der Waals surface area contributed by atoms with Gasteiger partial charge in [0.15, 0.2) is 5.78 Å². The molecule has 0 atom stereocenters. The minimum absolute atomic E-state index is 0.0252. The fraction of sp³-hybridized carbons (Fsp3) is 0.333. The summed E-state index contributed by atoms with van der Waals surface area (Å²) in [6, 6.07) is 2.68. The van der Waals surface area contributed by atoms with Crippen LogP contribution in [0.25, 0.3) is 0 Å². The average Bonchev–Trinajstić information content (AvgIpc) is 2.29. The Kier molecular flexibility index (Phi) is 4.75. The van der Waals surface area contributed by atoms with Crippen LogP contribution in [-0.4, -0.2) is 18.2 Å². The van der Waals surface area contributed by atoms with Gasteiger partial charge in [-0.15, -0.1) is 0 Å². The van der Waals surface area contributed by atoms with Gasteiger partial charge in [-0.25, -0.2) is 8.78 Å². The van der Waals surface area contributed by atoms with Crippen molar-refractivity contribution in [3.05, 3.63) is 35.4 Å². The third-order valence-electron chi connectivity index (χ3n) is 2.18. The van der Waals surface area contributed by atoms with E-state index in [9.17, 15) is 18.4 Å². The van der Waals surface area contributed by atoms with Crippen molar-refractivity contribution in [2.45, 2.75) is 19.8 Å². The van der Waals surface area contributed by atoms with Crippen molar-refractivity contribution in [1.29, 1.82) is 0 Å². The second-order valence-corrected chi connectivity index (χ2v) is 3.50. The Labute approximate surface area is 97.8 Å². The molecule has 0 saturated carbocycles. The fourth-order valence-electron chi connectivity index (χ4n) is 1.36. The van der Waals surface area contributed by atoms with Crippen LogP contribution < -0.4 is 5.32 Å². The molecule has 0 unspecified atom stereocenters. The number of hydrogen-bond acceptors (Lipinski definition) is 2. The van der Waals surface area contributed by atoms with Crippen molar-refractivity contribution in [3.8, 4) is 0 Å². The van der Waals surface area contributed by atoms with Crippen LogP contribution in [0, 0.1) is 11.6 Å². The fourth-order valence-corrected chi connectivity index (χ4v) is 1.36. The van der Waals surface area contributed by atoms with Gasteiger partial charge in [0.2, 0.25) is 5.91 Å². The Bertz CT molecular complexity index is 433. The van der Waals surface area contributed by atoms with E-state index in [4.69, 9.17) is 0 Å². The van der Waals surface area contributed by atoms with Gasteiger partial charge in [-0.3, -0.25) is 9.59 Å². The number of halogens is 2. The molecule has 5 heteroatoms. The predicted molar refractivity (Wildman–Crippen MR) is 58.6 cm³/mol. The normalized spacial score (nSPS) is 10.1. The molecule has 0 bridgehead atoms. The Balaban J connectivity index is 2.64. The van der Waals surface area contributed by atoms with Gasteiger partial charge in [0.25, 0.3) is 0 Å². The second-order valence-electron chi connectivity index (χ2n) is 3.50. The highest BCUT2D eigenvalue weighted by molar-refractivity contribution is 5.98. The summed E-state index contributed by atoms with van der Waals surface area (Å²) in [4.78, 5) is 22.6. The van der Waals surface area contributed by atoms with Gasteiger partial charge < -0.3 is 5.32 Å². The van der Waals surface area contributed by atoms with Crippen LogP contribution in [0.1, 0.15) is 30.1 Å². The molecule has 1 N–H and O–H groups in total. The highest BCUT2D eigenvalue weighted by Crippen LogP contribution is 2.12. The highest BCUT2D eigenvalue weighted by Gasteiger charge is 2.14. The van der Waals surface area contributed by atoms with Crippen LogP contribution >= 0.6 is 0 Å². The van der Waals surface area contributed by atoms with Crippen LogP contribution in [0.5, 0.6) is 0 Å². The molecule has 1 amide bonds. The molecule has 0 aromatic heterocycles. The summed E-state index contributed by atoms with van der Waals surface area (Å²) in [6.07, 6.45) is -0.158. The molecule has 0 radical (unpaired) electrons. The second kappa shape index (κ2) is 6.08.